The molecule has 2 aromatic rings. The number of aromatic nitrogens is 1. The van der Waals surface area contributed by atoms with Crippen LogP contribution in [0.25, 0.3) is 0 Å². The highest BCUT2D eigenvalue weighted by atomic mass is 32.2. The quantitative estimate of drug-likeness (QED) is 0.847. The number of rotatable bonds is 5. The topological polar surface area (TPSA) is 63.4 Å². The van der Waals surface area contributed by atoms with Crippen molar-refractivity contribution in [1.82, 2.24) is 10.1 Å². The van der Waals surface area contributed by atoms with Crippen molar-refractivity contribution >= 4 is 9.84 Å². The summed E-state index contributed by atoms with van der Waals surface area (Å²) in [6, 6.07) is 10.7. The highest BCUT2D eigenvalue weighted by molar-refractivity contribution is 7.91. The normalized spacial score (nSPS) is 19.6. The minimum Gasteiger partial charge on any atom is -0.359 e. The molecule has 118 valence electrons. The van der Waals surface area contributed by atoms with Crippen LogP contribution in [0.1, 0.15) is 30.3 Å². The summed E-state index contributed by atoms with van der Waals surface area (Å²) < 4.78 is 30.1. The molecule has 0 N–H and O–H groups in total. The van der Waals surface area contributed by atoms with Crippen LogP contribution in [0.15, 0.2) is 45.8 Å². The Morgan fingerprint density at radius 1 is 1.32 bits per heavy atom. The van der Waals surface area contributed by atoms with E-state index in [2.05, 4.69) is 10.1 Å². The molecule has 0 spiro atoms. The van der Waals surface area contributed by atoms with Gasteiger partial charge in [-0.2, -0.15) is 0 Å². The van der Waals surface area contributed by atoms with E-state index in [4.69, 9.17) is 4.52 Å². The standard InChI is InChI=1S/C16H20N2O3S/c1-13-12-16(21-17-13)15-8-5-9-18(15)10-11-22(19,20)14-6-3-2-4-7-14/h2-4,6-7,12,15H,5,8-11H2,1H3. The second-order valence-corrected chi connectivity index (χ2v) is 7.81. The Morgan fingerprint density at radius 3 is 2.77 bits per heavy atom. The third-order valence-electron chi connectivity index (χ3n) is 4.09. The van der Waals surface area contributed by atoms with Crippen molar-refractivity contribution in [2.24, 2.45) is 0 Å². The largest absolute Gasteiger partial charge is 0.359 e. The molecule has 1 aliphatic heterocycles. The van der Waals surface area contributed by atoms with Gasteiger partial charge in [-0.05, 0) is 38.4 Å². The van der Waals surface area contributed by atoms with Crippen LogP contribution < -0.4 is 0 Å². The average molecular weight is 320 g/mol. The Morgan fingerprint density at radius 2 is 2.09 bits per heavy atom. The Labute approximate surface area is 130 Å². The lowest BCUT2D eigenvalue weighted by Gasteiger charge is -2.22. The molecule has 0 radical (unpaired) electrons. The summed E-state index contributed by atoms with van der Waals surface area (Å²) in [5.74, 6) is 0.966. The van der Waals surface area contributed by atoms with Crippen molar-refractivity contribution in [2.75, 3.05) is 18.8 Å². The molecule has 0 saturated carbocycles. The number of aryl methyl sites for hydroxylation is 1. The molecule has 1 fully saturated rings. The molecule has 2 heterocycles. The number of likely N-dealkylation sites (tertiary alicyclic amines) is 1. The third-order valence-corrected chi connectivity index (χ3v) is 5.80. The molecule has 5 nitrogen and oxygen atoms in total. The van der Waals surface area contributed by atoms with Crippen molar-refractivity contribution < 1.29 is 12.9 Å². The SMILES string of the molecule is Cc1cc(C2CCCN2CCS(=O)(=O)c2ccccc2)on1. The van der Waals surface area contributed by atoms with Gasteiger partial charge in [0.25, 0.3) is 0 Å². The summed E-state index contributed by atoms with van der Waals surface area (Å²) in [4.78, 5) is 2.57. The zero-order valence-corrected chi connectivity index (χ0v) is 13.4. The van der Waals surface area contributed by atoms with Gasteiger partial charge in [0.05, 0.1) is 22.4 Å². The van der Waals surface area contributed by atoms with E-state index in [9.17, 15) is 8.42 Å². The second kappa shape index (κ2) is 6.22. The van der Waals surface area contributed by atoms with Crippen LogP contribution in [0.3, 0.4) is 0 Å². The van der Waals surface area contributed by atoms with Gasteiger partial charge in [-0.1, -0.05) is 23.4 Å². The summed E-state index contributed by atoms with van der Waals surface area (Å²) >= 11 is 0. The molecule has 1 saturated heterocycles. The van der Waals surface area contributed by atoms with Crippen molar-refractivity contribution in [3.63, 3.8) is 0 Å². The highest BCUT2D eigenvalue weighted by Crippen LogP contribution is 2.32. The molecule has 6 heteroatoms. The molecular formula is C16H20N2O3S. The zero-order chi connectivity index (χ0) is 15.6. The highest BCUT2D eigenvalue weighted by Gasteiger charge is 2.30. The second-order valence-electron chi connectivity index (χ2n) is 5.70. The Balaban J connectivity index is 1.68. The number of hydrogen-bond donors (Lipinski definition) is 0. The number of nitrogens with zero attached hydrogens (tertiary/aromatic N) is 2. The zero-order valence-electron chi connectivity index (χ0n) is 12.6. The first-order valence-corrected chi connectivity index (χ1v) is 9.16. The smallest absolute Gasteiger partial charge is 0.179 e. The van der Waals surface area contributed by atoms with Crippen LogP contribution in [0.5, 0.6) is 0 Å². The van der Waals surface area contributed by atoms with Crippen LogP contribution in [0.2, 0.25) is 0 Å². The molecule has 1 atom stereocenters. The lowest BCUT2D eigenvalue weighted by Crippen LogP contribution is -2.29. The van der Waals surface area contributed by atoms with E-state index < -0.39 is 9.84 Å². The van der Waals surface area contributed by atoms with E-state index in [-0.39, 0.29) is 11.8 Å². The van der Waals surface area contributed by atoms with Gasteiger partial charge in [-0.25, -0.2) is 8.42 Å². The fraction of sp³-hybridized carbons (Fsp3) is 0.438. The molecule has 22 heavy (non-hydrogen) atoms. The molecular weight excluding hydrogens is 300 g/mol. The Hall–Kier alpha value is -1.66. The Bertz CT molecular complexity index is 725. The van der Waals surface area contributed by atoms with E-state index in [1.165, 1.54) is 0 Å². The fourth-order valence-electron chi connectivity index (χ4n) is 2.94. The fourth-order valence-corrected chi connectivity index (χ4v) is 4.22. The lowest BCUT2D eigenvalue weighted by molar-refractivity contribution is 0.223. The van der Waals surface area contributed by atoms with Gasteiger partial charge in [-0.3, -0.25) is 4.90 Å². The van der Waals surface area contributed by atoms with Gasteiger partial charge in [-0.15, -0.1) is 0 Å². The van der Waals surface area contributed by atoms with Gasteiger partial charge in [0.2, 0.25) is 0 Å². The molecule has 1 aromatic carbocycles. The van der Waals surface area contributed by atoms with Crippen LogP contribution in [0.4, 0.5) is 0 Å². The van der Waals surface area contributed by atoms with Gasteiger partial charge in [0, 0.05) is 12.6 Å². The minimum atomic E-state index is -3.24. The number of hydrogen-bond acceptors (Lipinski definition) is 5. The maximum Gasteiger partial charge on any atom is 0.179 e. The lowest BCUT2D eigenvalue weighted by atomic mass is 10.1. The summed E-state index contributed by atoms with van der Waals surface area (Å²) in [7, 11) is -3.24. The van der Waals surface area contributed by atoms with Gasteiger partial charge in [0.15, 0.2) is 15.6 Å². The molecule has 0 aliphatic carbocycles. The first-order chi connectivity index (χ1) is 10.6. The Kier molecular flexibility index (Phi) is 4.31. The molecule has 1 aromatic heterocycles. The van der Waals surface area contributed by atoms with Crippen LogP contribution in [-0.2, 0) is 9.84 Å². The maximum atomic E-state index is 12.4. The summed E-state index contributed by atoms with van der Waals surface area (Å²) in [6.07, 6.45) is 2.04. The van der Waals surface area contributed by atoms with Crippen molar-refractivity contribution in [3.05, 3.63) is 47.9 Å². The minimum absolute atomic E-state index is 0.126. The van der Waals surface area contributed by atoms with Crippen molar-refractivity contribution in [2.45, 2.75) is 30.7 Å². The first-order valence-electron chi connectivity index (χ1n) is 7.51. The first kappa shape index (κ1) is 15.2. The molecule has 0 amide bonds. The van der Waals surface area contributed by atoms with E-state index >= 15 is 0 Å². The summed E-state index contributed by atoms with van der Waals surface area (Å²) in [5.41, 5.74) is 0.860. The van der Waals surface area contributed by atoms with E-state index in [1.54, 1.807) is 24.3 Å². The summed E-state index contributed by atoms with van der Waals surface area (Å²) in [6.45, 7) is 3.31. The number of benzene rings is 1. The van der Waals surface area contributed by atoms with Gasteiger partial charge in [0.1, 0.15) is 0 Å². The molecule has 1 aliphatic rings. The number of sulfone groups is 1. The van der Waals surface area contributed by atoms with E-state index in [1.807, 2.05) is 19.1 Å². The molecule has 3 rings (SSSR count). The molecule has 0 bridgehead atoms. The maximum absolute atomic E-state index is 12.4. The van der Waals surface area contributed by atoms with Gasteiger partial charge >= 0.3 is 0 Å². The van der Waals surface area contributed by atoms with Crippen LogP contribution >= 0.6 is 0 Å². The van der Waals surface area contributed by atoms with E-state index in [0.29, 0.717) is 11.4 Å². The average Bonchev–Trinajstić information content (AvgIpc) is 3.14. The van der Waals surface area contributed by atoms with Crippen LogP contribution in [0, 0.1) is 6.92 Å². The van der Waals surface area contributed by atoms with Crippen molar-refractivity contribution in [3.8, 4) is 0 Å². The predicted molar refractivity (Wildman–Crippen MR) is 83.3 cm³/mol. The molecule has 1 unspecified atom stereocenters. The van der Waals surface area contributed by atoms with Gasteiger partial charge < -0.3 is 4.52 Å². The third kappa shape index (κ3) is 3.23. The van der Waals surface area contributed by atoms with Crippen LogP contribution in [-0.4, -0.2) is 37.3 Å². The summed E-state index contributed by atoms with van der Waals surface area (Å²) in [5, 5.41) is 3.93. The van der Waals surface area contributed by atoms with E-state index in [0.717, 1.165) is 30.8 Å². The monoisotopic (exact) mass is 320 g/mol. The van der Waals surface area contributed by atoms with Crippen molar-refractivity contribution in [1.29, 1.82) is 0 Å². The predicted octanol–water partition coefficient (Wildman–Crippen LogP) is 2.59.